The molecule has 0 N–H and O–H groups in total. The molecule has 0 radical (unpaired) electrons. The van der Waals surface area contributed by atoms with Gasteiger partial charge in [0.15, 0.2) is 6.10 Å². The van der Waals surface area contributed by atoms with Gasteiger partial charge >= 0.3 is 11.9 Å². The normalized spacial score (nSPS) is 13.8. The van der Waals surface area contributed by atoms with Gasteiger partial charge in [0.05, 0.1) is 27.7 Å². The number of hydrogen-bond acceptors (Lipinski definition) is 8. The largest absolute Gasteiger partial charge is 0.756 e. The highest BCUT2D eigenvalue weighted by Crippen LogP contribution is 2.38. The van der Waals surface area contributed by atoms with Gasteiger partial charge in [0.25, 0.3) is 7.82 Å². The van der Waals surface area contributed by atoms with Gasteiger partial charge in [-0.15, -0.1) is 0 Å². The van der Waals surface area contributed by atoms with Crippen LogP contribution in [0, 0.1) is 0 Å². The lowest BCUT2D eigenvalue weighted by Crippen LogP contribution is -2.37. The number of likely N-dealkylation sites (N-methyl/N-ethyl adjacent to an activating group) is 1. The van der Waals surface area contributed by atoms with E-state index in [-0.39, 0.29) is 32.0 Å². The number of carbonyl (C=O) groups is 2. The second kappa shape index (κ2) is 53.3. The minimum Gasteiger partial charge on any atom is -0.756 e. The van der Waals surface area contributed by atoms with E-state index in [9.17, 15) is 19.0 Å². The molecular formula is C62H112NO8P. The first-order valence-electron chi connectivity index (χ1n) is 29.6. The molecule has 0 heterocycles. The van der Waals surface area contributed by atoms with Gasteiger partial charge in [0.1, 0.15) is 19.8 Å². The van der Waals surface area contributed by atoms with E-state index in [1.54, 1.807) is 0 Å². The summed E-state index contributed by atoms with van der Waals surface area (Å²) in [6, 6.07) is 0. The van der Waals surface area contributed by atoms with Gasteiger partial charge in [-0.05, 0) is 64.2 Å². The molecule has 418 valence electrons. The van der Waals surface area contributed by atoms with Crippen molar-refractivity contribution in [3.8, 4) is 0 Å². The summed E-state index contributed by atoms with van der Waals surface area (Å²) in [6.07, 6.45) is 69.4. The Balaban J connectivity index is 4.18. The third kappa shape index (κ3) is 56.7. The van der Waals surface area contributed by atoms with Crippen molar-refractivity contribution < 1.29 is 42.1 Å². The number of esters is 2. The first-order valence-corrected chi connectivity index (χ1v) is 31.1. The highest BCUT2D eigenvalue weighted by molar-refractivity contribution is 7.45. The third-order valence-electron chi connectivity index (χ3n) is 12.7. The second-order valence-electron chi connectivity index (χ2n) is 21.0. The quantitative estimate of drug-likeness (QED) is 0.0195. The Labute approximate surface area is 444 Å². The van der Waals surface area contributed by atoms with Crippen LogP contribution in [0.15, 0.2) is 72.9 Å². The molecule has 0 saturated heterocycles. The molecule has 0 aliphatic carbocycles. The van der Waals surface area contributed by atoms with Gasteiger partial charge in [-0.25, -0.2) is 0 Å². The Kier molecular flexibility index (Phi) is 51.4. The van der Waals surface area contributed by atoms with Crippen molar-refractivity contribution in [2.45, 2.75) is 264 Å². The van der Waals surface area contributed by atoms with Crippen LogP contribution in [-0.2, 0) is 32.7 Å². The molecule has 0 aromatic heterocycles. The number of unbranched alkanes of at least 4 members (excludes halogenated alkanes) is 28. The monoisotopic (exact) mass is 1030 g/mol. The molecule has 0 bridgehead atoms. The predicted molar refractivity (Wildman–Crippen MR) is 305 cm³/mol. The van der Waals surface area contributed by atoms with Crippen LogP contribution in [0.25, 0.3) is 0 Å². The average Bonchev–Trinajstić information content (AvgIpc) is 3.34. The van der Waals surface area contributed by atoms with Crippen molar-refractivity contribution >= 4 is 19.8 Å². The lowest BCUT2D eigenvalue weighted by Gasteiger charge is -2.28. The number of phosphoric acid groups is 1. The molecule has 0 aromatic carbocycles. The molecule has 9 nitrogen and oxygen atoms in total. The Morgan fingerprint density at radius 2 is 0.792 bits per heavy atom. The number of nitrogens with zero attached hydrogens (tertiary/aromatic N) is 1. The van der Waals surface area contributed by atoms with Gasteiger partial charge in [-0.3, -0.25) is 14.2 Å². The molecule has 0 aliphatic heterocycles. The fourth-order valence-electron chi connectivity index (χ4n) is 8.19. The van der Waals surface area contributed by atoms with Crippen LogP contribution < -0.4 is 4.89 Å². The Hall–Kier alpha value is -2.55. The summed E-state index contributed by atoms with van der Waals surface area (Å²) in [5.41, 5.74) is 0. The van der Waals surface area contributed by atoms with E-state index in [4.69, 9.17) is 18.5 Å². The smallest absolute Gasteiger partial charge is 0.306 e. The fourth-order valence-corrected chi connectivity index (χ4v) is 8.92. The van der Waals surface area contributed by atoms with E-state index >= 15 is 0 Å². The van der Waals surface area contributed by atoms with Gasteiger partial charge in [0.2, 0.25) is 0 Å². The Bertz CT molecular complexity index is 1450. The summed E-state index contributed by atoms with van der Waals surface area (Å²) in [5, 5.41) is 0. The topological polar surface area (TPSA) is 111 Å². The van der Waals surface area contributed by atoms with Crippen LogP contribution in [0.3, 0.4) is 0 Å². The zero-order valence-electron chi connectivity index (χ0n) is 47.4. The Morgan fingerprint density at radius 1 is 0.444 bits per heavy atom. The number of allylic oxidation sites excluding steroid dienone is 12. The SMILES string of the molecule is CC/C=C\C/C=C\C/C=C\C/C=C\C/C=C\C/C=C\CCCCCCCCCCC(=O)OC(COC(=O)CCCCCCCCCCCCCCCCCCCCCCC)COP(=O)([O-])OCC[N+](C)(C)C. The molecule has 0 saturated carbocycles. The van der Waals surface area contributed by atoms with Crippen LogP contribution in [0.5, 0.6) is 0 Å². The van der Waals surface area contributed by atoms with Crippen molar-refractivity contribution in [2.75, 3.05) is 47.5 Å². The van der Waals surface area contributed by atoms with E-state index in [2.05, 4.69) is 86.8 Å². The minimum absolute atomic E-state index is 0.0342. The lowest BCUT2D eigenvalue weighted by atomic mass is 10.0. The number of hydrogen-bond donors (Lipinski definition) is 0. The molecule has 72 heavy (non-hydrogen) atoms. The summed E-state index contributed by atoms with van der Waals surface area (Å²) in [5.74, 6) is -0.836. The van der Waals surface area contributed by atoms with E-state index in [0.717, 1.165) is 83.5 Å². The summed E-state index contributed by atoms with van der Waals surface area (Å²) >= 11 is 0. The average molecular weight is 1030 g/mol. The summed E-state index contributed by atoms with van der Waals surface area (Å²) < 4.78 is 34.2. The van der Waals surface area contributed by atoms with Gasteiger partial charge in [0, 0.05) is 12.8 Å². The molecule has 0 rings (SSSR count). The van der Waals surface area contributed by atoms with Crippen molar-refractivity contribution in [3.63, 3.8) is 0 Å². The number of quaternary nitrogens is 1. The number of ether oxygens (including phenoxy) is 2. The molecular weight excluding hydrogens is 918 g/mol. The highest BCUT2D eigenvalue weighted by Gasteiger charge is 2.22. The van der Waals surface area contributed by atoms with Crippen molar-refractivity contribution in [1.82, 2.24) is 0 Å². The number of carbonyl (C=O) groups excluding carboxylic acids is 2. The molecule has 2 unspecified atom stereocenters. The molecule has 0 fully saturated rings. The van der Waals surface area contributed by atoms with Crippen molar-refractivity contribution in [2.24, 2.45) is 0 Å². The maximum atomic E-state index is 12.8. The molecule has 0 amide bonds. The molecule has 2 atom stereocenters. The number of phosphoric ester groups is 1. The zero-order valence-corrected chi connectivity index (χ0v) is 48.3. The fraction of sp³-hybridized carbons (Fsp3) is 0.774. The molecule has 10 heteroatoms. The lowest BCUT2D eigenvalue weighted by molar-refractivity contribution is -0.870. The van der Waals surface area contributed by atoms with Crippen LogP contribution in [0.1, 0.15) is 258 Å². The van der Waals surface area contributed by atoms with E-state index in [1.165, 1.54) is 141 Å². The summed E-state index contributed by atoms with van der Waals surface area (Å²) in [7, 11) is 1.16. The first kappa shape index (κ1) is 69.5. The summed E-state index contributed by atoms with van der Waals surface area (Å²) in [4.78, 5) is 37.9. The zero-order chi connectivity index (χ0) is 52.7. The van der Waals surface area contributed by atoms with Gasteiger partial charge in [-0.2, -0.15) is 0 Å². The standard InChI is InChI=1S/C62H112NO8P/c1-6-8-10-12-14-16-18-20-22-24-26-28-29-30-31-32-33-35-37-39-41-43-45-47-49-51-53-55-62(65)71-60(59-70-72(66,67)69-57-56-63(3,4)5)58-68-61(64)54-52-50-48-46-44-42-40-38-36-34-27-25-23-21-19-17-15-13-11-9-7-2/h8,10,14,16,20,22,26,28,30-31,33,35,60H,6-7,9,11-13,15,17-19,21,23-25,27,29,32,34,36-59H2,1-5H3/b10-8-,16-14-,22-20-,28-26-,31-30-,35-33-. The van der Waals surface area contributed by atoms with E-state index < -0.39 is 26.5 Å². The predicted octanol–water partition coefficient (Wildman–Crippen LogP) is 17.8. The molecule has 0 aliphatic rings. The van der Waals surface area contributed by atoms with Crippen LogP contribution >= 0.6 is 7.82 Å². The van der Waals surface area contributed by atoms with Crippen LogP contribution in [-0.4, -0.2) is 70.0 Å². The van der Waals surface area contributed by atoms with Gasteiger partial charge < -0.3 is 27.9 Å². The van der Waals surface area contributed by atoms with E-state index in [1.807, 2.05) is 21.1 Å². The van der Waals surface area contributed by atoms with Crippen LogP contribution in [0.2, 0.25) is 0 Å². The third-order valence-corrected chi connectivity index (χ3v) is 13.7. The first-order chi connectivity index (χ1) is 35.0. The molecule has 0 spiro atoms. The number of rotatable bonds is 54. The maximum absolute atomic E-state index is 12.8. The maximum Gasteiger partial charge on any atom is 0.306 e. The second-order valence-corrected chi connectivity index (χ2v) is 22.4. The van der Waals surface area contributed by atoms with E-state index in [0.29, 0.717) is 17.4 Å². The van der Waals surface area contributed by atoms with Crippen LogP contribution in [0.4, 0.5) is 0 Å². The van der Waals surface area contributed by atoms with Crippen molar-refractivity contribution in [1.29, 1.82) is 0 Å². The Morgan fingerprint density at radius 3 is 1.18 bits per heavy atom. The molecule has 0 aromatic rings. The van der Waals surface area contributed by atoms with Gasteiger partial charge in [-0.1, -0.05) is 254 Å². The van der Waals surface area contributed by atoms with Crippen molar-refractivity contribution in [3.05, 3.63) is 72.9 Å². The summed E-state index contributed by atoms with van der Waals surface area (Å²) in [6.45, 7) is 4.14. The minimum atomic E-state index is -4.64. The highest BCUT2D eigenvalue weighted by atomic mass is 31.2.